The first-order chi connectivity index (χ1) is 12.7. The van der Waals surface area contributed by atoms with Gasteiger partial charge in [-0.2, -0.15) is 0 Å². The third-order valence-corrected chi connectivity index (χ3v) is 3.76. The van der Waals surface area contributed by atoms with Gasteiger partial charge in [-0.3, -0.25) is 4.79 Å². The quantitative estimate of drug-likeness (QED) is 0.612. The van der Waals surface area contributed by atoms with Crippen LogP contribution in [-0.2, 0) is 4.79 Å². The maximum Gasteiger partial charge on any atom is 0.248 e. The van der Waals surface area contributed by atoms with Gasteiger partial charge in [-0.1, -0.05) is 30.3 Å². The van der Waals surface area contributed by atoms with Crippen molar-refractivity contribution in [2.75, 3.05) is 17.7 Å². The zero-order chi connectivity index (χ0) is 18.2. The Kier molecular flexibility index (Phi) is 5.68. The Hall–Kier alpha value is -3.53. The van der Waals surface area contributed by atoms with E-state index >= 15 is 0 Å². The fraction of sp³-hybridized carbons (Fsp3) is 0.0455. The molecule has 0 radical (unpaired) electrons. The van der Waals surface area contributed by atoms with Gasteiger partial charge < -0.3 is 15.4 Å². The van der Waals surface area contributed by atoms with Crippen LogP contribution in [0.3, 0.4) is 0 Å². The summed E-state index contributed by atoms with van der Waals surface area (Å²) in [7, 11) is 1.64. The Labute approximate surface area is 153 Å². The minimum absolute atomic E-state index is 0.162. The molecule has 0 aliphatic heterocycles. The topological polar surface area (TPSA) is 50.4 Å². The van der Waals surface area contributed by atoms with Crippen LogP contribution in [0.1, 0.15) is 5.56 Å². The molecule has 3 aromatic carbocycles. The summed E-state index contributed by atoms with van der Waals surface area (Å²) in [6.07, 6.45) is 3.31. The average molecular weight is 344 g/mol. The Morgan fingerprint density at radius 2 is 1.38 bits per heavy atom. The zero-order valence-electron chi connectivity index (χ0n) is 14.5. The van der Waals surface area contributed by atoms with Crippen molar-refractivity contribution < 1.29 is 9.53 Å². The fourth-order valence-corrected chi connectivity index (χ4v) is 2.40. The molecule has 0 spiro atoms. The van der Waals surface area contributed by atoms with E-state index in [0.717, 1.165) is 28.4 Å². The molecule has 26 heavy (non-hydrogen) atoms. The summed E-state index contributed by atoms with van der Waals surface area (Å²) in [5.41, 5.74) is 3.64. The van der Waals surface area contributed by atoms with Gasteiger partial charge >= 0.3 is 0 Å². The van der Waals surface area contributed by atoms with Crippen LogP contribution in [0.25, 0.3) is 6.08 Å². The number of benzene rings is 3. The first-order valence-electron chi connectivity index (χ1n) is 8.28. The molecule has 0 saturated heterocycles. The molecule has 0 aliphatic carbocycles. The lowest BCUT2D eigenvalue weighted by molar-refractivity contribution is -0.111. The van der Waals surface area contributed by atoms with Crippen LogP contribution < -0.4 is 15.4 Å². The Balaban J connectivity index is 1.56. The molecule has 0 bridgehead atoms. The predicted molar refractivity (Wildman–Crippen MR) is 107 cm³/mol. The van der Waals surface area contributed by atoms with Crippen molar-refractivity contribution in [1.82, 2.24) is 0 Å². The van der Waals surface area contributed by atoms with Gasteiger partial charge in [0.25, 0.3) is 0 Å². The van der Waals surface area contributed by atoms with Crippen LogP contribution in [0.5, 0.6) is 5.75 Å². The molecule has 0 fully saturated rings. The van der Waals surface area contributed by atoms with Crippen molar-refractivity contribution in [3.05, 3.63) is 90.5 Å². The van der Waals surface area contributed by atoms with Gasteiger partial charge in [-0.05, 0) is 60.2 Å². The van der Waals surface area contributed by atoms with Gasteiger partial charge in [0.05, 0.1) is 7.11 Å². The predicted octanol–water partition coefficient (Wildman–Crippen LogP) is 5.09. The molecule has 0 aromatic heterocycles. The maximum absolute atomic E-state index is 12.0. The van der Waals surface area contributed by atoms with Gasteiger partial charge in [0, 0.05) is 23.1 Å². The standard InChI is InChI=1S/C22H20N2O2/c1-26-21-14-12-19(13-15-21)23-18-8-10-20(11-9-18)24-22(25)16-7-17-5-3-2-4-6-17/h2-16,23H,1H3,(H,24,25). The highest BCUT2D eigenvalue weighted by molar-refractivity contribution is 6.02. The molecule has 4 nitrogen and oxygen atoms in total. The van der Waals surface area contributed by atoms with Gasteiger partial charge in [-0.25, -0.2) is 0 Å². The summed E-state index contributed by atoms with van der Waals surface area (Å²) < 4.78 is 5.15. The highest BCUT2D eigenvalue weighted by Gasteiger charge is 2.00. The van der Waals surface area contributed by atoms with E-state index in [0.29, 0.717) is 0 Å². The second-order valence-corrected chi connectivity index (χ2v) is 5.66. The van der Waals surface area contributed by atoms with Crippen molar-refractivity contribution >= 4 is 29.0 Å². The normalized spacial score (nSPS) is 10.5. The number of hydrogen-bond acceptors (Lipinski definition) is 3. The number of hydrogen-bond donors (Lipinski definition) is 2. The second-order valence-electron chi connectivity index (χ2n) is 5.66. The van der Waals surface area contributed by atoms with Crippen LogP contribution >= 0.6 is 0 Å². The SMILES string of the molecule is COc1ccc(Nc2ccc(NC(=O)C=Cc3ccccc3)cc2)cc1. The van der Waals surface area contributed by atoms with E-state index in [1.807, 2.05) is 78.9 Å². The summed E-state index contributed by atoms with van der Waals surface area (Å²) in [4.78, 5) is 12.0. The number of amides is 1. The van der Waals surface area contributed by atoms with Crippen LogP contribution in [-0.4, -0.2) is 13.0 Å². The van der Waals surface area contributed by atoms with E-state index in [4.69, 9.17) is 4.74 Å². The molecule has 130 valence electrons. The fourth-order valence-electron chi connectivity index (χ4n) is 2.40. The third-order valence-electron chi connectivity index (χ3n) is 3.76. The minimum atomic E-state index is -0.162. The van der Waals surface area contributed by atoms with E-state index < -0.39 is 0 Å². The van der Waals surface area contributed by atoms with Gasteiger partial charge in [0.1, 0.15) is 5.75 Å². The lowest BCUT2D eigenvalue weighted by Crippen LogP contribution is -2.07. The Morgan fingerprint density at radius 1 is 0.808 bits per heavy atom. The minimum Gasteiger partial charge on any atom is -0.497 e. The van der Waals surface area contributed by atoms with E-state index in [-0.39, 0.29) is 5.91 Å². The van der Waals surface area contributed by atoms with Crippen molar-refractivity contribution in [2.24, 2.45) is 0 Å². The number of rotatable bonds is 6. The molecule has 0 atom stereocenters. The van der Waals surface area contributed by atoms with E-state index in [1.165, 1.54) is 6.08 Å². The second kappa shape index (κ2) is 8.53. The highest BCUT2D eigenvalue weighted by Crippen LogP contribution is 2.21. The summed E-state index contributed by atoms with van der Waals surface area (Å²) in [6, 6.07) is 25.0. The molecule has 2 N–H and O–H groups in total. The lowest BCUT2D eigenvalue weighted by Gasteiger charge is -2.08. The molecule has 0 aliphatic rings. The number of anilines is 3. The maximum atomic E-state index is 12.0. The average Bonchev–Trinajstić information content (AvgIpc) is 2.69. The van der Waals surface area contributed by atoms with Crippen LogP contribution in [0.15, 0.2) is 84.9 Å². The molecule has 3 aromatic rings. The summed E-state index contributed by atoms with van der Waals surface area (Å²) in [5.74, 6) is 0.655. The van der Waals surface area contributed by atoms with E-state index in [2.05, 4.69) is 10.6 Å². The molecule has 4 heteroatoms. The van der Waals surface area contributed by atoms with Gasteiger partial charge in [0.2, 0.25) is 5.91 Å². The van der Waals surface area contributed by atoms with Crippen LogP contribution in [0.4, 0.5) is 17.1 Å². The Bertz CT molecular complexity index is 870. The first-order valence-corrected chi connectivity index (χ1v) is 8.28. The number of nitrogens with one attached hydrogen (secondary N) is 2. The molecular weight excluding hydrogens is 324 g/mol. The van der Waals surface area contributed by atoms with Crippen molar-refractivity contribution in [1.29, 1.82) is 0 Å². The number of methoxy groups -OCH3 is 1. The van der Waals surface area contributed by atoms with Crippen LogP contribution in [0, 0.1) is 0 Å². The molecule has 1 amide bonds. The van der Waals surface area contributed by atoms with E-state index in [9.17, 15) is 4.79 Å². The number of ether oxygens (including phenoxy) is 1. The van der Waals surface area contributed by atoms with Gasteiger partial charge in [0.15, 0.2) is 0 Å². The summed E-state index contributed by atoms with van der Waals surface area (Å²) >= 11 is 0. The number of carbonyl (C=O) groups is 1. The molecule has 0 saturated carbocycles. The lowest BCUT2D eigenvalue weighted by atomic mass is 10.2. The third kappa shape index (κ3) is 4.98. The zero-order valence-corrected chi connectivity index (χ0v) is 14.5. The van der Waals surface area contributed by atoms with Gasteiger partial charge in [-0.15, -0.1) is 0 Å². The molecule has 0 unspecified atom stereocenters. The highest BCUT2D eigenvalue weighted by atomic mass is 16.5. The van der Waals surface area contributed by atoms with E-state index in [1.54, 1.807) is 13.2 Å². The monoisotopic (exact) mass is 344 g/mol. The molecule has 3 rings (SSSR count). The summed E-state index contributed by atoms with van der Waals surface area (Å²) in [5, 5.41) is 6.15. The Morgan fingerprint density at radius 3 is 2.00 bits per heavy atom. The van der Waals surface area contributed by atoms with Crippen molar-refractivity contribution in [2.45, 2.75) is 0 Å². The smallest absolute Gasteiger partial charge is 0.248 e. The molecular formula is C22H20N2O2. The molecule has 0 heterocycles. The first kappa shape index (κ1) is 17.3. The van der Waals surface area contributed by atoms with Crippen molar-refractivity contribution in [3.63, 3.8) is 0 Å². The summed E-state index contributed by atoms with van der Waals surface area (Å²) in [6.45, 7) is 0. The van der Waals surface area contributed by atoms with Crippen molar-refractivity contribution in [3.8, 4) is 5.75 Å². The largest absolute Gasteiger partial charge is 0.497 e. The number of carbonyl (C=O) groups excluding carboxylic acids is 1. The van der Waals surface area contributed by atoms with Crippen LogP contribution in [0.2, 0.25) is 0 Å².